The van der Waals surface area contributed by atoms with Crippen LogP contribution in [0.15, 0.2) is 0 Å². The van der Waals surface area contributed by atoms with Crippen LogP contribution < -0.4 is 6.15 Å². The van der Waals surface area contributed by atoms with Gasteiger partial charge in [0.15, 0.2) is 0 Å². The molecule has 4 heavy (non-hydrogen) atoms. The average Bonchev–Trinajstić information content (AvgIpc) is 0. The molecule has 0 saturated heterocycles. The van der Waals surface area contributed by atoms with Gasteiger partial charge >= 0.3 is 0 Å². The first-order valence-corrected chi connectivity index (χ1v) is 0. The molecule has 0 aliphatic heterocycles. The maximum Gasteiger partial charge on any atom is 0.0814 e. The van der Waals surface area contributed by atoms with Crippen LogP contribution in [0, 0.1) is 0 Å². The summed E-state index contributed by atoms with van der Waals surface area (Å²) in [5.41, 5.74) is 0. The third kappa shape index (κ3) is 11.4. The molecular weight excluding hydrogens is 121 g/mol. The van der Waals surface area contributed by atoms with E-state index in [0.29, 0.717) is 0 Å². The van der Waals surface area contributed by atoms with Crippen molar-refractivity contribution >= 4 is 18.3 Å². The molecular formula is H9BNPZn. The predicted octanol–water partition coefficient (Wildman–Crippen LogP) is -0.966. The Bertz CT molecular complexity index is 8.00. The Hall–Kier alpha value is 1.08. The summed E-state index contributed by atoms with van der Waals surface area (Å²) in [5, 5.41) is 0. The quantitative estimate of drug-likeness (QED) is 0.332. The van der Waals surface area contributed by atoms with Gasteiger partial charge in [-0.25, -0.2) is 0 Å². The molecule has 0 aliphatic rings. The third-order valence-electron chi connectivity index (χ3n) is 0. The monoisotopic (exact) mass is 129 g/mol. The summed E-state index contributed by atoms with van der Waals surface area (Å²) in [4.78, 5) is 0. The molecule has 0 aromatic heterocycles. The second kappa shape index (κ2) is 33.2. The Kier molecular flexibility index (Phi) is 604. The fourth-order valence-corrected chi connectivity index (χ4v) is 0. The zero-order chi connectivity index (χ0) is 0. The first kappa shape index (κ1) is 72.6. The molecule has 0 spiro atoms. The van der Waals surface area contributed by atoms with Crippen molar-refractivity contribution in [2.45, 2.75) is 0 Å². The Morgan fingerprint density at radius 3 is 1.00 bits per heavy atom. The topological polar surface area (TPSA) is 35.0 Å². The van der Waals surface area contributed by atoms with Gasteiger partial charge in [0.05, 0.1) is 8.41 Å². The van der Waals surface area contributed by atoms with E-state index in [0.717, 1.165) is 0 Å². The van der Waals surface area contributed by atoms with Crippen molar-refractivity contribution < 1.29 is 19.5 Å². The van der Waals surface area contributed by atoms with Crippen LogP contribution in [0.3, 0.4) is 0 Å². The number of hydrogen-bond acceptors (Lipinski definition) is 1. The fraction of sp³-hybridized carbons (Fsp3) is 0. The summed E-state index contributed by atoms with van der Waals surface area (Å²) in [6, 6.07) is 0. The minimum absolute atomic E-state index is 0. The smallest absolute Gasteiger partial charge is 0.0814 e. The molecule has 0 aromatic carbocycles. The minimum Gasteiger partial charge on any atom is -0.344 e. The molecule has 0 rings (SSSR count). The maximum atomic E-state index is 0. The van der Waals surface area contributed by atoms with Crippen LogP contribution in [0.5, 0.6) is 0 Å². The van der Waals surface area contributed by atoms with Crippen LogP contribution >= 0.6 is 9.90 Å². The second-order valence-electron chi connectivity index (χ2n) is 0. The van der Waals surface area contributed by atoms with Crippen molar-refractivity contribution in [3.63, 3.8) is 0 Å². The van der Waals surface area contributed by atoms with E-state index >= 15 is 0 Å². The van der Waals surface area contributed by atoms with Gasteiger partial charge in [0.1, 0.15) is 0 Å². The van der Waals surface area contributed by atoms with E-state index in [9.17, 15) is 0 Å². The van der Waals surface area contributed by atoms with Crippen molar-refractivity contribution in [1.29, 1.82) is 0 Å². The molecule has 1 nitrogen and oxygen atoms in total. The largest absolute Gasteiger partial charge is 0.344 e. The van der Waals surface area contributed by atoms with Crippen molar-refractivity contribution in [3.8, 4) is 0 Å². The molecule has 0 saturated carbocycles. The van der Waals surface area contributed by atoms with Crippen LogP contribution in [-0.4, -0.2) is 8.41 Å². The van der Waals surface area contributed by atoms with Gasteiger partial charge in [-0.05, 0) is 0 Å². The van der Waals surface area contributed by atoms with Crippen molar-refractivity contribution in [2.24, 2.45) is 0 Å². The summed E-state index contributed by atoms with van der Waals surface area (Å²) < 4.78 is 0. The van der Waals surface area contributed by atoms with Crippen molar-refractivity contribution in [3.05, 3.63) is 0 Å². The first-order chi connectivity index (χ1) is 0. The van der Waals surface area contributed by atoms with E-state index in [-0.39, 0.29) is 43.9 Å². The van der Waals surface area contributed by atoms with Crippen LogP contribution in [0.25, 0.3) is 0 Å². The molecule has 0 fully saturated rings. The maximum absolute atomic E-state index is 0. The van der Waals surface area contributed by atoms with Crippen LogP contribution in [-0.2, 0) is 19.5 Å². The molecule has 0 aliphatic carbocycles. The van der Waals surface area contributed by atoms with Crippen LogP contribution in [0.4, 0.5) is 0 Å². The number of hydrogen-bond donors (Lipinski definition) is 1. The van der Waals surface area contributed by atoms with Crippen LogP contribution in [0.1, 0.15) is 0 Å². The molecule has 0 bridgehead atoms. The van der Waals surface area contributed by atoms with Crippen LogP contribution in [0.2, 0.25) is 0 Å². The van der Waals surface area contributed by atoms with Gasteiger partial charge in [0, 0.05) is 19.5 Å². The Balaban J connectivity index is 0. The Labute approximate surface area is 44.5 Å². The molecule has 1 unspecified atom stereocenters. The zero-order valence-electron chi connectivity index (χ0n) is 2.12. The van der Waals surface area contributed by atoms with E-state index in [1.54, 1.807) is 0 Å². The van der Waals surface area contributed by atoms with E-state index in [2.05, 4.69) is 0 Å². The minimum atomic E-state index is 0. The number of rotatable bonds is 0. The SMILES string of the molecule is B.N.P.[Zn]. The molecule has 24 valence electrons. The van der Waals surface area contributed by atoms with E-state index in [1.807, 2.05) is 0 Å². The molecule has 0 heterocycles. The van der Waals surface area contributed by atoms with Gasteiger partial charge in [-0.15, -0.1) is 0 Å². The third-order valence-corrected chi connectivity index (χ3v) is 0. The van der Waals surface area contributed by atoms with E-state index in [4.69, 9.17) is 0 Å². The van der Waals surface area contributed by atoms with Gasteiger partial charge in [0.25, 0.3) is 0 Å². The summed E-state index contributed by atoms with van der Waals surface area (Å²) in [5.74, 6) is 0. The molecule has 4 heteroatoms. The van der Waals surface area contributed by atoms with E-state index < -0.39 is 0 Å². The summed E-state index contributed by atoms with van der Waals surface area (Å²) >= 11 is 0. The molecule has 0 radical (unpaired) electrons. The Morgan fingerprint density at radius 2 is 1.00 bits per heavy atom. The molecule has 1 atom stereocenters. The Morgan fingerprint density at radius 1 is 1.00 bits per heavy atom. The van der Waals surface area contributed by atoms with Crippen molar-refractivity contribution in [2.75, 3.05) is 0 Å². The van der Waals surface area contributed by atoms with Gasteiger partial charge in [-0.3, -0.25) is 0 Å². The standard InChI is InChI=1S/BH3.H3N.H3P.Zn/h3*1H3;. The summed E-state index contributed by atoms with van der Waals surface area (Å²) in [6.07, 6.45) is 0. The zero-order valence-corrected chi connectivity index (χ0v) is 6.50. The summed E-state index contributed by atoms with van der Waals surface area (Å²) in [6.45, 7) is 0. The molecule has 3 N–H and O–H groups in total. The predicted molar refractivity (Wildman–Crippen MR) is 26.1 cm³/mol. The second-order valence-corrected chi connectivity index (χ2v) is 0. The fourth-order valence-electron chi connectivity index (χ4n) is 0. The van der Waals surface area contributed by atoms with Crippen molar-refractivity contribution in [1.82, 2.24) is 6.15 Å². The summed E-state index contributed by atoms with van der Waals surface area (Å²) in [7, 11) is 0. The van der Waals surface area contributed by atoms with Gasteiger partial charge < -0.3 is 6.15 Å². The first-order valence-electron chi connectivity index (χ1n) is 0. The normalized spacial score (nSPS) is 0. The van der Waals surface area contributed by atoms with Gasteiger partial charge in [0.2, 0.25) is 0 Å². The van der Waals surface area contributed by atoms with E-state index in [1.165, 1.54) is 0 Å². The molecule has 0 amide bonds. The van der Waals surface area contributed by atoms with Gasteiger partial charge in [-0.1, -0.05) is 0 Å². The molecule has 0 aromatic rings. The van der Waals surface area contributed by atoms with Gasteiger partial charge in [-0.2, -0.15) is 9.90 Å². The average molecular weight is 130 g/mol.